The summed E-state index contributed by atoms with van der Waals surface area (Å²) in [5, 5.41) is 3.73. The van der Waals surface area contributed by atoms with Crippen molar-refractivity contribution in [3.05, 3.63) is 62.1 Å². The highest BCUT2D eigenvalue weighted by Gasteiger charge is 2.31. The Morgan fingerprint density at radius 3 is 2.18 bits per heavy atom. The van der Waals surface area contributed by atoms with Gasteiger partial charge in [0.05, 0.1) is 17.0 Å². The van der Waals surface area contributed by atoms with Crippen molar-refractivity contribution in [2.75, 3.05) is 23.7 Å². The molecule has 0 aliphatic carbocycles. The summed E-state index contributed by atoms with van der Waals surface area (Å²) in [5.41, 5.74) is 0.590. The number of benzene rings is 2. The fourth-order valence-corrected chi connectivity index (χ4v) is 4.77. The minimum Gasteiger partial charge on any atom is -0.355 e. The van der Waals surface area contributed by atoms with Crippen LogP contribution in [0.25, 0.3) is 0 Å². The van der Waals surface area contributed by atoms with Gasteiger partial charge in [-0.2, -0.15) is 0 Å². The third kappa shape index (κ3) is 7.39. The standard InChI is InChI=1S/C21H23Cl4N3O4S/c1-4-26-21(30)13(2)27(11-14-5-6-15(22)9-18(14)25)20(29)12-28(33(3,31)32)19-10-16(23)7-8-17(19)24/h5-10,13H,4,11-12H2,1-3H3,(H,26,30)/t13-/m1/s1. The number of carbonyl (C=O) groups is 2. The zero-order valence-corrected chi connectivity index (χ0v) is 22.0. The van der Waals surface area contributed by atoms with E-state index in [0.717, 1.165) is 10.6 Å². The van der Waals surface area contributed by atoms with Crippen LogP contribution in [0.5, 0.6) is 0 Å². The Bertz CT molecular complexity index is 1140. The molecule has 2 aromatic rings. The van der Waals surface area contributed by atoms with Gasteiger partial charge in [0.2, 0.25) is 21.8 Å². The first-order chi connectivity index (χ1) is 15.3. The van der Waals surface area contributed by atoms with Crippen molar-refractivity contribution in [1.82, 2.24) is 10.2 Å². The van der Waals surface area contributed by atoms with E-state index < -0.39 is 34.4 Å². The second kappa shape index (κ2) is 11.6. The zero-order chi connectivity index (χ0) is 24.9. The minimum atomic E-state index is -3.93. The van der Waals surface area contributed by atoms with Gasteiger partial charge in [0, 0.05) is 28.2 Å². The van der Waals surface area contributed by atoms with Gasteiger partial charge in [-0.15, -0.1) is 0 Å². The fourth-order valence-electron chi connectivity index (χ4n) is 3.01. The number of amides is 2. The van der Waals surface area contributed by atoms with Gasteiger partial charge in [0.25, 0.3) is 0 Å². The number of nitrogens with one attached hydrogen (secondary N) is 1. The number of anilines is 1. The third-order valence-corrected chi connectivity index (χ3v) is 7.00. The van der Waals surface area contributed by atoms with Crippen molar-refractivity contribution in [3.63, 3.8) is 0 Å². The lowest BCUT2D eigenvalue weighted by atomic mass is 10.1. The number of hydrogen-bond acceptors (Lipinski definition) is 4. The van der Waals surface area contributed by atoms with Crippen molar-refractivity contribution in [2.24, 2.45) is 0 Å². The smallest absolute Gasteiger partial charge is 0.244 e. The average molecular weight is 555 g/mol. The van der Waals surface area contributed by atoms with Crippen LogP contribution >= 0.6 is 46.4 Å². The molecule has 0 bridgehead atoms. The zero-order valence-electron chi connectivity index (χ0n) is 18.1. The summed E-state index contributed by atoms with van der Waals surface area (Å²) in [4.78, 5) is 27.2. The lowest BCUT2D eigenvalue weighted by Crippen LogP contribution is -2.51. The number of halogens is 4. The van der Waals surface area contributed by atoms with Crippen molar-refractivity contribution in [1.29, 1.82) is 0 Å². The van der Waals surface area contributed by atoms with Gasteiger partial charge in [-0.25, -0.2) is 8.42 Å². The number of hydrogen-bond donors (Lipinski definition) is 1. The summed E-state index contributed by atoms with van der Waals surface area (Å²) in [6.07, 6.45) is 0.950. The Labute approximate surface area is 213 Å². The molecule has 0 fully saturated rings. The highest BCUT2D eigenvalue weighted by molar-refractivity contribution is 7.92. The number of nitrogens with zero attached hydrogens (tertiary/aromatic N) is 2. The second-order valence-electron chi connectivity index (χ2n) is 7.19. The Balaban J connectivity index is 2.46. The van der Waals surface area contributed by atoms with Gasteiger partial charge < -0.3 is 10.2 Å². The van der Waals surface area contributed by atoms with Gasteiger partial charge in [-0.05, 0) is 49.7 Å². The summed E-state index contributed by atoms with van der Waals surface area (Å²) < 4.78 is 25.9. The lowest BCUT2D eigenvalue weighted by Gasteiger charge is -2.32. The number of carbonyl (C=O) groups excluding carboxylic acids is 2. The Hall–Kier alpha value is -1.71. The molecule has 2 amide bonds. The van der Waals surface area contributed by atoms with Crippen molar-refractivity contribution in [3.8, 4) is 0 Å². The lowest BCUT2D eigenvalue weighted by molar-refractivity contribution is -0.139. The molecule has 0 radical (unpaired) electrons. The Morgan fingerprint density at radius 1 is 1.00 bits per heavy atom. The van der Waals surface area contributed by atoms with E-state index in [2.05, 4.69) is 5.32 Å². The maximum Gasteiger partial charge on any atom is 0.244 e. The molecule has 0 saturated carbocycles. The van der Waals surface area contributed by atoms with Crippen LogP contribution in [0.15, 0.2) is 36.4 Å². The molecule has 2 aromatic carbocycles. The highest BCUT2D eigenvalue weighted by atomic mass is 35.5. The van der Waals surface area contributed by atoms with Crippen LogP contribution < -0.4 is 9.62 Å². The molecule has 1 atom stereocenters. The monoisotopic (exact) mass is 553 g/mol. The molecule has 0 saturated heterocycles. The number of sulfonamides is 1. The van der Waals surface area contributed by atoms with Crippen LogP contribution in [0.2, 0.25) is 20.1 Å². The molecular weight excluding hydrogens is 532 g/mol. The summed E-state index contributed by atoms with van der Waals surface area (Å²) in [7, 11) is -3.93. The Kier molecular flexibility index (Phi) is 9.70. The summed E-state index contributed by atoms with van der Waals surface area (Å²) in [5.74, 6) is -1.04. The SMILES string of the molecule is CCNC(=O)[C@@H](C)N(Cc1ccc(Cl)cc1Cl)C(=O)CN(c1cc(Cl)ccc1Cl)S(C)(=O)=O. The van der Waals surface area contributed by atoms with Crippen LogP contribution in [-0.4, -0.2) is 50.5 Å². The van der Waals surface area contributed by atoms with Crippen molar-refractivity contribution in [2.45, 2.75) is 26.4 Å². The molecule has 180 valence electrons. The second-order valence-corrected chi connectivity index (χ2v) is 10.8. The van der Waals surface area contributed by atoms with Gasteiger partial charge in [-0.1, -0.05) is 52.5 Å². The van der Waals surface area contributed by atoms with E-state index in [0.29, 0.717) is 22.2 Å². The first kappa shape index (κ1) is 27.5. The van der Waals surface area contributed by atoms with Crippen molar-refractivity contribution < 1.29 is 18.0 Å². The first-order valence-electron chi connectivity index (χ1n) is 9.79. The van der Waals surface area contributed by atoms with E-state index in [9.17, 15) is 18.0 Å². The molecule has 0 unspecified atom stereocenters. The van der Waals surface area contributed by atoms with Gasteiger partial charge in [0.1, 0.15) is 12.6 Å². The van der Waals surface area contributed by atoms with E-state index in [1.807, 2.05) is 0 Å². The fraction of sp³-hybridized carbons (Fsp3) is 0.333. The molecular formula is C21H23Cl4N3O4S. The molecule has 0 aliphatic heterocycles. The number of rotatable bonds is 9. The van der Waals surface area contributed by atoms with Crippen LogP contribution in [-0.2, 0) is 26.2 Å². The third-order valence-electron chi connectivity index (χ3n) is 4.73. The van der Waals surface area contributed by atoms with Gasteiger partial charge >= 0.3 is 0 Å². The minimum absolute atomic E-state index is 0.0476. The largest absolute Gasteiger partial charge is 0.355 e. The summed E-state index contributed by atoms with van der Waals surface area (Å²) >= 11 is 24.5. The van der Waals surface area contributed by atoms with E-state index in [-0.39, 0.29) is 22.3 Å². The van der Waals surface area contributed by atoms with E-state index in [4.69, 9.17) is 46.4 Å². The molecule has 7 nitrogen and oxygen atoms in total. The predicted molar refractivity (Wildman–Crippen MR) is 134 cm³/mol. The molecule has 0 heterocycles. The van der Waals surface area contributed by atoms with Crippen LogP contribution in [0.4, 0.5) is 5.69 Å². The molecule has 12 heteroatoms. The molecule has 33 heavy (non-hydrogen) atoms. The first-order valence-corrected chi connectivity index (χ1v) is 13.1. The topological polar surface area (TPSA) is 86.8 Å². The molecule has 0 aromatic heterocycles. The quantitative estimate of drug-likeness (QED) is 0.490. The summed E-state index contributed by atoms with van der Waals surface area (Å²) in [6, 6.07) is 8.14. The van der Waals surface area contributed by atoms with Crippen LogP contribution in [0.3, 0.4) is 0 Å². The van der Waals surface area contributed by atoms with E-state index in [1.165, 1.54) is 29.2 Å². The molecule has 0 aliphatic rings. The molecule has 1 N–H and O–H groups in total. The Morgan fingerprint density at radius 2 is 1.61 bits per heavy atom. The predicted octanol–water partition coefficient (Wildman–Crippen LogP) is 4.62. The summed E-state index contributed by atoms with van der Waals surface area (Å²) in [6.45, 7) is 3.01. The highest BCUT2D eigenvalue weighted by Crippen LogP contribution is 2.31. The molecule has 2 rings (SSSR count). The van der Waals surface area contributed by atoms with Crippen LogP contribution in [0, 0.1) is 0 Å². The van der Waals surface area contributed by atoms with Crippen LogP contribution in [0.1, 0.15) is 19.4 Å². The normalized spacial score (nSPS) is 12.2. The maximum atomic E-state index is 13.4. The number of likely N-dealkylation sites (N-methyl/N-ethyl adjacent to an activating group) is 1. The van der Waals surface area contributed by atoms with Gasteiger partial charge in [-0.3, -0.25) is 13.9 Å². The van der Waals surface area contributed by atoms with Crippen molar-refractivity contribution >= 4 is 73.9 Å². The molecule has 0 spiro atoms. The van der Waals surface area contributed by atoms with Gasteiger partial charge in [0.15, 0.2) is 0 Å². The van der Waals surface area contributed by atoms with E-state index >= 15 is 0 Å². The average Bonchev–Trinajstić information content (AvgIpc) is 2.72. The van der Waals surface area contributed by atoms with E-state index in [1.54, 1.807) is 26.0 Å². The maximum absolute atomic E-state index is 13.4.